The van der Waals surface area contributed by atoms with E-state index in [0.717, 1.165) is 27.3 Å². The van der Waals surface area contributed by atoms with E-state index in [1.54, 1.807) is 35.0 Å². The fourth-order valence-electron chi connectivity index (χ4n) is 2.41. The van der Waals surface area contributed by atoms with E-state index in [1.165, 1.54) is 0 Å². The summed E-state index contributed by atoms with van der Waals surface area (Å²) in [4.78, 5) is 18.6. The van der Waals surface area contributed by atoms with Crippen molar-refractivity contribution in [2.45, 2.75) is 23.8 Å². The number of rotatable bonds is 6. The number of amides is 1. The summed E-state index contributed by atoms with van der Waals surface area (Å²) in [5.41, 5.74) is 0.832. The molecule has 2 heterocycles. The number of thioether (sulfide) groups is 1. The lowest BCUT2D eigenvalue weighted by atomic mass is 10.2. The van der Waals surface area contributed by atoms with Crippen molar-refractivity contribution >= 4 is 29.0 Å². The molecule has 1 aromatic heterocycles. The van der Waals surface area contributed by atoms with Crippen LogP contribution in [-0.4, -0.2) is 47.8 Å². The first-order valence-corrected chi connectivity index (χ1v) is 9.72. The van der Waals surface area contributed by atoms with Crippen LogP contribution in [0.15, 0.2) is 34.0 Å². The van der Waals surface area contributed by atoms with Crippen LogP contribution in [0.25, 0.3) is 0 Å². The highest BCUT2D eigenvalue weighted by Gasteiger charge is 2.24. The fraction of sp³-hybridized carbons (Fsp3) is 0.412. The number of likely N-dealkylation sites (N-methyl/N-ethyl adjacent to an activating group) is 1. The van der Waals surface area contributed by atoms with Gasteiger partial charge in [0.2, 0.25) is 5.91 Å². The highest BCUT2D eigenvalue weighted by molar-refractivity contribution is 8.00. The van der Waals surface area contributed by atoms with Crippen LogP contribution >= 0.6 is 23.1 Å². The molecule has 0 aliphatic carbocycles. The Hall–Kier alpha value is -1.73. The molecule has 1 aliphatic heterocycles. The second-order valence-corrected chi connectivity index (χ2v) is 7.86. The average molecular weight is 364 g/mol. The van der Waals surface area contributed by atoms with Crippen molar-refractivity contribution in [2.75, 3.05) is 26.0 Å². The molecule has 0 spiro atoms. The van der Waals surface area contributed by atoms with Crippen LogP contribution in [0.1, 0.15) is 12.6 Å². The van der Waals surface area contributed by atoms with E-state index >= 15 is 0 Å². The molecule has 0 saturated carbocycles. The van der Waals surface area contributed by atoms with Crippen LogP contribution < -0.4 is 9.47 Å². The van der Waals surface area contributed by atoms with Crippen molar-refractivity contribution in [3.8, 4) is 11.5 Å². The summed E-state index contributed by atoms with van der Waals surface area (Å²) in [7, 11) is 1.79. The molecule has 0 radical (unpaired) electrons. The number of para-hydroxylation sites is 2. The highest BCUT2D eigenvalue weighted by atomic mass is 32.2. The van der Waals surface area contributed by atoms with Crippen LogP contribution in [0.5, 0.6) is 11.5 Å². The van der Waals surface area contributed by atoms with Gasteiger partial charge in [-0.3, -0.25) is 4.79 Å². The topological polar surface area (TPSA) is 51.7 Å². The van der Waals surface area contributed by atoms with Crippen molar-refractivity contribution in [2.24, 2.45) is 0 Å². The quantitative estimate of drug-likeness (QED) is 0.737. The van der Waals surface area contributed by atoms with E-state index < -0.39 is 0 Å². The maximum atomic E-state index is 12.4. The number of hydrogen-bond donors (Lipinski definition) is 0. The van der Waals surface area contributed by atoms with Crippen LogP contribution in [0.2, 0.25) is 0 Å². The maximum Gasteiger partial charge on any atom is 0.228 e. The summed E-state index contributed by atoms with van der Waals surface area (Å²) in [6, 6.07) is 7.59. The Kier molecular flexibility index (Phi) is 5.63. The van der Waals surface area contributed by atoms with Crippen molar-refractivity contribution < 1.29 is 14.3 Å². The zero-order valence-corrected chi connectivity index (χ0v) is 15.4. The number of fused-ring (bicyclic) bond motifs is 1. The van der Waals surface area contributed by atoms with Gasteiger partial charge in [-0.25, -0.2) is 4.98 Å². The third-order valence-electron chi connectivity index (χ3n) is 3.60. The molecule has 2 aromatic rings. The second kappa shape index (κ2) is 7.90. The molecule has 1 aromatic carbocycles. The average Bonchev–Trinajstić information content (AvgIpc) is 3.02. The van der Waals surface area contributed by atoms with Crippen LogP contribution in [0, 0.1) is 0 Å². The van der Waals surface area contributed by atoms with Crippen molar-refractivity contribution in [1.29, 1.82) is 0 Å². The van der Waals surface area contributed by atoms with Gasteiger partial charge < -0.3 is 14.4 Å². The minimum absolute atomic E-state index is 0.0378. The van der Waals surface area contributed by atoms with E-state index in [1.807, 2.05) is 29.6 Å². The molecule has 128 valence electrons. The lowest BCUT2D eigenvalue weighted by molar-refractivity contribution is -0.130. The van der Waals surface area contributed by atoms with Crippen molar-refractivity contribution in [3.63, 3.8) is 0 Å². The zero-order chi connectivity index (χ0) is 16.9. The van der Waals surface area contributed by atoms with Crippen LogP contribution in [-0.2, 0) is 11.2 Å². The van der Waals surface area contributed by atoms with Gasteiger partial charge >= 0.3 is 0 Å². The Labute approximate surface area is 150 Å². The van der Waals surface area contributed by atoms with E-state index in [2.05, 4.69) is 11.9 Å². The maximum absolute atomic E-state index is 12.4. The molecule has 0 bridgehead atoms. The predicted molar refractivity (Wildman–Crippen MR) is 96.2 cm³/mol. The van der Waals surface area contributed by atoms with Gasteiger partial charge in [-0.1, -0.05) is 30.8 Å². The number of carbonyl (C=O) groups excluding carboxylic acids is 1. The minimum atomic E-state index is -0.157. The number of carbonyl (C=O) groups is 1. The second-order valence-electron chi connectivity index (χ2n) is 5.49. The summed E-state index contributed by atoms with van der Waals surface area (Å²) in [6.45, 7) is 3.03. The Bertz CT molecular complexity index is 705. The van der Waals surface area contributed by atoms with Crippen LogP contribution in [0.4, 0.5) is 0 Å². The molecular weight excluding hydrogens is 344 g/mol. The zero-order valence-electron chi connectivity index (χ0n) is 13.7. The molecule has 5 nitrogen and oxygen atoms in total. The summed E-state index contributed by atoms with van der Waals surface area (Å²) in [5, 5.41) is 1.96. The Morgan fingerprint density at radius 1 is 1.42 bits per heavy atom. The van der Waals surface area contributed by atoms with E-state index in [0.29, 0.717) is 19.6 Å². The molecule has 24 heavy (non-hydrogen) atoms. The number of hydrogen-bond acceptors (Lipinski definition) is 6. The normalized spacial score (nSPS) is 16.0. The van der Waals surface area contributed by atoms with Crippen molar-refractivity contribution in [3.05, 3.63) is 35.3 Å². The van der Waals surface area contributed by atoms with E-state index in [-0.39, 0.29) is 12.0 Å². The lowest BCUT2D eigenvalue weighted by Gasteiger charge is -2.29. The smallest absolute Gasteiger partial charge is 0.228 e. The standard InChI is InChI=1S/C17H20N2O3S2/c1-3-23-17-18-12(11-24-17)8-16(20)19(2)9-13-10-21-14-6-4-5-7-15(14)22-13/h4-7,11,13H,3,8-10H2,1-2H3/t13-/m0/s1. The van der Waals surface area contributed by atoms with E-state index in [4.69, 9.17) is 9.47 Å². The number of thiazole rings is 1. The first-order valence-electron chi connectivity index (χ1n) is 7.85. The SMILES string of the molecule is CCSc1nc(CC(=O)N(C)C[C@H]2COc3ccccc3O2)cs1. The van der Waals surface area contributed by atoms with Gasteiger partial charge in [0.15, 0.2) is 17.6 Å². The number of ether oxygens (including phenoxy) is 2. The van der Waals surface area contributed by atoms with Gasteiger partial charge in [0, 0.05) is 12.4 Å². The Morgan fingerprint density at radius 2 is 2.21 bits per heavy atom. The number of benzene rings is 1. The molecule has 1 atom stereocenters. The van der Waals surface area contributed by atoms with Gasteiger partial charge in [0.25, 0.3) is 0 Å². The molecule has 0 fully saturated rings. The highest BCUT2D eigenvalue weighted by Crippen LogP contribution is 2.31. The van der Waals surface area contributed by atoms with Gasteiger partial charge in [-0.15, -0.1) is 11.3 Å². The molecular formula is C17H20N2O3S2. The van der Waals surface area contributed by atoms with Crippen molar-refractivity contribution in [1.82, 2.24) is 9.88 Å². The third-order valence-corrected chi connectivity index (χ3v) is 5.55. The predicted octanol–water partition coefficient (Wildman–Crippen LogP) is 3.10. The largest absolute Gasteiger partial charge is 0.486 e. The number of aromatic nitrogens is 1. The van der Waals surface area contributed by atoms with Gasteiger partial charge in [-0.05, 0) is 17.9 Å². The Morgan fingerprint density at radius 3 is 3.00 bits per heavy atom. The van der Waals surface area contributed by atoms with Crippen LogP contribution in [0.3, 0.4) is 0 Å². The molecule has 1 aliphatic rings. The molecule has 7 heteroatoms. The van der Waals surface area contributed by atoms with Gasteiger partial charge in [0.1, 0.15) is 10.9 Å². The first kappa shape index (κ1) is 17.1. The van der Waals surface area contributed by atoms with Gasteiger partial charge in [-0.2, -0.15) is 0 Å². The summed E-state index contributed by atoms with van der Waals surface area (Å²) >= 11 is 3.29. The number of nitrogens with zero attached hydrogens (tertiary/aromatic N) is 2. The van der Waals surface area contributed by atoms with Gasteiger partial charge in [0.05, 0.1) is 18.7 Å². The summed E-state index contributed by atoms with van der Waals surface area (Å²) in [6.07, 6.45) is 0.164. The monoisotopic (exact) mass is 364 g/mol. The first-order chi connectivity index (χ1) is 11.7. The lowest BCUT2D eigenvalue weighted by Crippen LogP contribution is -2.42. The summed E-state index contributed by atoms with van der Waals surface area (Å²) in [5.74, 6) is 2.51. The molecule has 0 N–H and O–H groups in total. The summed E-state index contributed by atoms with van der Waals surface area (Å²) < 4.78 is 12.6. The molecule has 3 rings (SSSR count). The fourth-order valence-corrected chi connectivity index (χ4v) is 4.15. The minimum Gasteiger partial charge on any atom is -0.486 e. The molecule has 1 amide bonds. The Balaban J connectivity index is 1.53. The third kappa shape index (κ3) is 4.21. The van der Waals surface area contributed by atoms with E-state index in [9.17, 15) is 4.79 Å². The molecule has 0 unspecified atom stereocenters. The molecule has 0 saturated heterocycles.